The predicted molar refractivity (Wildman–Crippen MR) is 90.8 cm³/mol. The molecule has 0 aliphatic heterocycles. The van der Waals surface area contributed by atoms with Gasteiger partial charge in [0.15, 0.2) is 0 Å². The van der Waals surface area contributed by atoms with Gasteiger partial charge in [0.25, 0.3) is 0 Å². The summed E-state index contributed by atoms with van der Waals surface area (Å²) in [5.74, 6) is 0.618. The minimum Gasteiger partial charge on any atom is -0.324 e. The van der Waals surface area contributed by atoms with Crippen molar-refractivity contribution in [2.24, 2.45) is 5.92 Å². The molecule has 0 unspecified atom stereocenters. The molecule has 0 radical (unpaired) electrons. The number of aryl methyl sites for hydroxylation is 3. The van der Waals surface area contributed by atoms with Gasteiger partial charge in [0.05, 0.1) is 6.04 Å². The molecule has 0 heterocycles. The lowest BCUT2D eigenvalue weighted by Gasteiger charge is -2.21. The van der Waals surface area contributed by atoms with E-state index >= 15 is 0 Å². The Morgan fingerprint density at radius 3 is 2.19 bits per heavy atom. The summed E-state index contributed by atoms with van der Waals surface area (Å²) in [6.45, 7) is 13.5. The van der Waals surface area contributed by atoms with Crippen molar-refractivity contribution in [3.63, 3.8) is 0 Å². The van der Waals surface area contributed by atoms with Gasteiger partial charge in [-0.15, -0.1) is 0 Å². The topological polar surface area (TPSA) is 41.1 Å². The van der Waals surface area contributed by atoms with Gasteiger partial charge >= 0.3 is 0 Å². The van der Waals surface area contributed by atoms with Crippen LogP contribution in [0.2, 0.25) is 0 Å². The van der Waals surface area contributed by atoms with Crippen LogP contribution in [0.4, 0.5) is 5.69 Å². The second kappa shape index (κ2) is 8.18. The van der Waals surface area contributed by atoms with E-state index in [1.807, 2.05) is 13.8 Å². The maximum absolute atomic E-state index is 12.5. The number of nitrogens with one attached hydrogen (secondary N) is 2. The lowest BCUT2D eigenvalue weighted by molar-refractivity contribution is -0.118. The van der Waals surface area contributed by atoms with E-state index in [9.17, 15) is 4.79 Å². The van der Waals surface area contributed by atoms with Crippen LogP contribution in [0.1, 0.15) is 50.3 Å². The van der Waals surface area contributed by atoms with E-state index in [1.165, 1.54) is 5.56 Å². The first-order valence-electron chi connectivity index (χ1n) is 7.97. The largest absolute Gasteiger partial charge is 0.324 e. The fourth-order valence-corrected chi connectivity index (χ4v) is 2.58. The van der Waals surface area contributed by atoms with Crippen LogP contribution in [0.3, 0.4) is 0 Å². The van der Waals surface area contributed by atoms with E-state index in [0.29, 0.717) is 5.92 Å². The summed E-state index contributed by atoms with van der Waals surface area (Å²) in [5.41, 5.74) is 4.43. The second-order valence-corrected chi connectivity index (χ2v) is 6.41. The molecule has 2 N–H and O–H groups in total. The highest BCUT2D eigenvalue weighted by Gasteiger charge is 2.18. The Labute approximate surface area is 129 Å². The molecule has 3 heteroatoms. The van der Waals surface area contributed by atoms with Gasteiger partial charge < -0.3 is 10.6 Å². The van der Waals surface area contributed by atoms with Gasteiger partial charge in [-0.05, 0) is 50.8 Å². The standard InChI is InChI=1S/C18H30N2O/c1-7-8-16(19-11-12(2)3)18(21)20-17-14(5)9-13(4)10-15(17)6/h9-10,12,16,19H,7-8,11H2,1-6H3,(H,20,21)/t16-/m1/s1. The van der Waals surface area contributed by atoms with Gasteiger partial charge in [-0.1, -0.05) is 44.9 Å². The summed E-state index contributed by atoms with van der Waals surface area (Å²) in [5, 5.41) is 6.49. The van der Waals surface area contributed by atoms with E-state index in [2.05, 4.69) is 50.5 Å². The summed E-state index contributed by atoms with van der Waals surface area (Å²) in [6.07, 6.45) is 1.86. The molecule has 0 aliphatic rings. The molecule has 1 aromatic carbocycles. The number of benzene rings is 1. The average molecular weight is 290 g/mol. The van der Waals surface area contributed by atoms with Gasteiger partial charge in [0.2, 0.25) is 5.91 Å². The third-order valence-electron chi connectivity index (χ3n) is 3.59. The monoisotopic (exact) mass is 290 g/mol. The first-order chi connectivity index (χ1) is 9.85. The van der Waals surface area contributed by atoms with Crippen molar-refractivity contribution in [2.75, 3.05) is 11.9 Å². The quantitative estimate of drug-likeness (QED) is 0.798. The Morgan fingerprint density at radius 2 is 1.71 bits per heavy atom. The maximum atomic E-state index is 12.5. The van der Waals surface area contributed by atoms with Crippen LogP contribution in [0.5, 0.6) is 0 Å². The fraction of sp³-hybridized carbons (Fsp3) is 0.611. The minimum absolute atomic E-state index is 0.0764. The van der Waals surface area contributed by atoms with Gasteiger partial charge in [-0.25, -0.2) is 0 Å². The third kappa shape index (κ3) is 5.50. The number of hydrogen-bond donors (Lipinski definition) is 2. The van der Waals surface area contributed by atoms with E-state index in [-0.39, 0.29) is 11.9 Å². The van der Waals surface area contributed by atoms with E-state index < -0.39 is 0 Å². The Balaban J connectivity index is 2.81. The van der Waals surface area contributed by atoms with Crippen molar-refractivity contribution < 1.29 is 4.79 Å². The third-order valence-corrected chi connectivity index (χ3v) is 3.59. The molecule has 21 heavy (non-hydrogen) atoms. The Morgan fingerprint density at radius 1 is 1.14 bits per heavy atom. The molecule has 1 aromatic rings. The van der Waals surface area contributed by atoms with Crippen molar-refractivity contribution in [1.82, 2.24) is 5.32 Å². The molecule has 1 atom stereocenters. The van der Waals surface area contributed by atoms with Crippen LogP contribution in [0.15, 0.2) is 12.1 Å². The van der Waals surface area contributed by atoms with Crippen LogP contribution in [0, 0.1) is 26.7 Å². The fourth-order valence-electron chi connectivity index (χ4n) is 2.58. The lowest BCUT2D eigenvalue weighted by atomic mass is 10.0. The zero-order valence-electron chi connectivity index (χ0n) is 14.3. The second-order valence-electron chi connectivity index (χ2n) is 6.41. The van der Waals surface area contributed by atoms with Crippen LogP contribution < -0.4 is 10.6 Å². The average Bonchev–Trinajstić information content (AvgIpc) is 2.38. The maximum Gasteiger partial charge on any atom is 0.241 e. The van der Waals surface area contributed by atoms with Gasteiger partial charge in [0, 0.05) is 5.69 Å². The molecule has 118 valence electrons. The molecule has 0 saturated heterocycles. The van der Waals surface area contributed by atoms with Crippen molar-refractivity contribution in [3.05, 3.63) is 28.8 Å². The highest BCUT2D eigenvalue weighted by molar-refractivity contribution is 5.96. The summed E-state index contributed by atoms with van der Waals surface area (Å²) in [6, 6.07) is 4.11. The highest BCUT2D eigenvalue weighted by Crippen LogP contribution is 2.22. The zero-order chi connectivity index (χ0) is 16.0. The summed E-state index contributed by atoms with van der Waals surface area (Å²) in [4.78, 5) is 12.5. The summed E-state index contributed by atoms with van der Waals surface area (Å²) >= 11 is 0. The number of rotatable bonds is 7. The molecule has 1 rings (SSSR count). The Kier molecular flexibility index (Phi) is 6.90. The van der Waals surface area contributed by atoms with Crippen molar-refractivity contribution in [3.8, 4) is 0 Å². The molecule has 0 fully saturated rings. The molecular weight excluding hydrogens is 260 g/mol. The molecule has 3 nitrogen and oxygen atoms in total. The van der Waals surface area contributed by atoms with Gasteiger partial charge in [-0.3, -0.25) is 4.79 Å². The predicted octanol–water partition coefficient (Wildman–Crippen LogP) is 3.96. The molecule has 1 amide bonds. The Hall–Kier alpha value is -1.35. The summed E-state index contributed by atoms with van der Waals surface area (Å²) in [7, 11) is 0. The number of hydrogen-bond acceptors (Lipinski definition) is 2. The van der Waals surface area contributed by atoms with Crippen LogP contribution in [0.25, 0.3) is 0 Å². The normalized spacial score (nSPS) is 12.5. The molecule has 0 aromatic heterocycles. The SMILES string of the molecule is CCC[C@@H](NCC(C)C)C(=O)Nc1c(C)cc(C)cc1C. The van der Waals surface area contributed by atoms with E-state index in [4.69, 9.17) is 0 Å². The molecule has 0 saturated carbocycles. The zero-order valence-corrected chi connectivity index (χ0v) is 14.3. The minimum atomic E-state index is -0.113. The van der Waals surface area contributed by atoms with Gasteiger partial charge in [0.1, 0.15) is 0 Å². The number of carbonyl (C=O) groups excluding carboxylic acids is 1. The number of amides is 1. The van der Waals surface area contributed by atoms with Gasteiger partial charge in [-0.2, -0.15) is 0 Å². The van der Waals surface area contributed by atoms with Crippen molar-refractivity contribution in [1.29, 1.82) is 0 Å². The van der Waals surface area contributed by atoms with Crippen LogP contribution >= 0.6 is 0 Å². The number of carbonyl (C=O) groups is 1. The summed E-state index contributed by atoms with van der Waals surface area (Å²) < 4.78 is 0. The molecular formula is C18H30N2O. The molecule has 0 bridgehead atoms. The first kappa shape index (κ1) is 17.7. The highest BCUT2D eigenvalue weighted by atomic mass is 16.2. The smallest absolute Gasteiger partial charge is 0.241 e. The van der Waals surface area contributed by atoms with Crippen LogP contribution in [-0.2, 0) is 4.79 Å². The first-order valence-corrected chi connectivity index (χ1v) is 7.97. The number of anilines is 1. The van der Waals surface area contributed by atoms with Crippen molar-refractivity contribution in [2.45, 2.75) is 60.4 Å². The van der Waals surface area contributed by atoms with E-state index in [0.717, 1.165) is 36.2 Å². The Bertz CT molecular complexity index is 457. The van der Waals surface area contributed by atoms with E-state index in [1.54, 1.807) is 0 Å². The molecule has 0 spiro atoms. The molecule has 0 aliphatic carbocycles. The van der Waals surface area contributed by atoms with Crippen LogP contribution in [-0.4, -0.2) is 18.5 Å². The lowest BCUT2D eigenvalue weighted by Crippen LogP contribution is -2.42. The van der Waals surface area contributed by atoms with Crippen molar-refractivity contribution >= 4 is 11.6 Å².